The van der Waals surface area contributed by atoms with E-state index >= 15 is 0 Å². The summed E-state index contributed by atoms with van der Waals surface area (Å²) >= 11 is 0. The molecule has 3 aromatic carbocycles. The molecule has 7 rings (SSSR count). The molecule has 0 radical (unpaired) electrons. The highest BCUT2D eigenvalue weighted by Gasteiger charge is 2.52. The first-order valence-corrected chi connectivity index (χ1v) is 23.6. The number of hydrogen-bond donors (Lipinski definition) is 1. The number of likely N-dealkylation sites (N-methyl/N-ethyl adjacent to an activating group) is 1. The molecule has 1 aliphatic heterocycles. The van der Waals surface area contributed by atoms with E-state index in [-0.39, 0.29) is 35.6 Å². The Labute approximate surface area is 388 Å². The molecule has 356 valence electrons. The molecule has 65 heavy (non-hydrogen) atoms. The van der Waals surface area contributed by atoms with Gasteiger partial charge >= 0.3 is 0 Å². The molecule has 1 saturated heterocycles. The summed E-state index contributed by atoms with van der Waals surface area (Å²) in [6.07, 6.45) is 5.88. The summed E-state index contributed by atoms with van der Waals surface area (Å²) in [5.41, 5.74) is 4.33. The zero-order valence-corrected chi connectivity index (χ0v) is 41.1. The molecule has 3 fully saturated rings. The van der Waals surface area contributed by atoms with Crippen molar-refractivity contribution >= 4 is 18.1 Å². The fraction of sp³-hybridized carbons (Fsp3) is 0.547. The minimum absolute atomic E-state index is 0.0117. The average Bonchev–Trinajstić information content (AvgIpc) is 4.10. The van der Waals surface area contributed by atoms with E-state index in [0.29, 0.717) is 55.5 Å². The quantitative estimate of drug-likeness (QED) is 0.102. The summed E-state index contributed by atoms with van der Waals surface area (Å²) in [4.78, 5) is 40.1. The van der Waals surface area contributed by atoms with Crippen LogP contribution in [0.5, 0.6) is 23.0 Å². The second kappa shape index (κ2) is 26.0. The highest BCUT2D eigenvalue weighted by Crippen LogP contribution is 2.51. The van der Waals surface area contributed by atoms with Crippen LogP contribution < -0.4 is 24.3 Å². The van der Waals surface area contributed by atoms with Crippen molar-refractivity contribution in [2.75, 3.05) is 55.1 Å². The van der Waals surface area contributed by atoms with E-state index in [1.165, 1.54) is 5.56 Å². The Morgan fingerprint density at radius 3 is 1.98 bits per heavy atom. The number of methoxy groups -OCH3 is 4. The van der Waals surface area contributed by atoms with Gasteiger partial charge in [-0.1, -0.05) is 89.2 Å². The van der Waals surface area contributed by atoms with Gasteiger partial charge in [-0.05, 0) is 97.7 Å². The lowest BCUT2D eigenvalue weighted by Gasteiger charge is -2.31. The van der Waals surface area contributed by atoms with Crippen molar-refractivity contribution in [2.45, 2.75) is 105 Å². The van der Waals surface area contributed by atoms with Gasteiger partial charge < -0.3 is 43.4 Å². The highest BCUT2D eigenvalue weighted by atomic mass is 16.5. The third kappa shape index (κ3) is 13.1. The van der Waals surface area contributed by atoms with Crippen molar-refractivity contribution < 1.29 is 37.9 Å². The number of aldehydes is 1. The molecule has 3 aliphatic rings. The maximum Gasteiger partial charge on any atom is 0.223 e. The topological polar surface area (TPSA) is 133 Å². The van der Waals surface area contributed by atoms with Crippen molar-refractivity contribution in [1.82, 2.24) is 20.3 Å². The summed E-state index contributed by atoms with van der Waals surface area (Å²) in [6, 6.07) is 24.7. The number of carbonyl (C=O) groups is 3. The first kappa shape index (κ1) is 52.3. The number of aromatic nitrogens is 1. The second-order valence-corrected chi connectivity index (χ2v) is 17.1. The van der Waals surface area contributed by atoms with Crippen molar-refractivity contribution in [3.05, 3.63) is 89.6 Å². The first-order chi connectivity index (χ1) is 31.5. The van der Waals surface area contributed by atoms with Gasteiger partial charge in [-0.2, -0.15) is 0 Å². The lowest BCUT2D eigenvalue weighted by atomic mass is 9.85. The smallest absolute Gasteiger partial charge is 0.223 e. The molecule has 8 atom stereocenters. The number of nitrogens with zero attached hydrogens (tertiary/aromatic N) is 3. The van der Waals surface area contributed by atoms with E-state index < -0.39 is 0 Å². The van der Waals surface area contributed by atoms with Gasteiger partial charge in [-0.25, -0.2) is 0 Å². The van der Waals surface area contributed by atoms with Crippen LogP contribution in [0, 0.1) is 29.6 Å². The molecule has 2 aliphatic carbocycles. The minimum atomic E-state index is -0.0117. The van der Waals surface area contributed by atoms with Crippen LogP contribution in [0.2, 0.25) is 0 Å². The Morgan fingerprint density at radius 2 is 1.42 bits per heavy atom. The lowest BCUT2D eigenvalue weighted by Crippen LogP contribution is -2.39. The molecule has 6 unspecified atom stereocenters. The predicted molar refractivity (Wildman–Crippen MR) is 258 cm³/mol. The van der Waals surface area contributed by atoms with Crippen molar-refractivity contribution in [2.24, 2.45) is 29.6 Å². The summed E-state index contributed by atoms with van der Waals surface area (Å²) in [6.45, 7) is 16.3. The number of carbonyl (C=O) groups excluding carboxylic acids is 3. The van der Waals surface area contributed by atoms with E-state index in [4.69, 9.17) is 23.5 Å². The van der Waals surface area contributed by atoms with Crippen LogP contribution in [0.4, 0.5) is 0 Å². The number of ether oxygens (including phenoxy) is 4. The Kier molecular flexibility index (Phi) is 20.9. The standard InChI is InChI=1S/C27H30N2O4.C22H34N2O4.2C2H6/c1-17-13-22-20(27(17)21-16-24(33-28-21)19-7-5-4-6-8-19)15-26(30)29(22)12-11-18-9-10-23(31-2)25(14-18)32-3;1-15-12-20(18(9-11-25)19(15)14-23-16(2)26)24(3)10-8-17-6-7-21(27-4)22(13-17)28-5;2*1-2/h4-10,14,16-17,20,22,27H,11-13,15H2,1-3H3;6-7,11,13,15,18-20H,8-10,12,14H2,1-5H3,(H,23,26);2*1-2H3/t17?,20?,22?,27-;15?,18?,19-,20?;;/m11../s1. The van der Waals surface area contributed by atoms with Gasteiger partial charge in [0.15, 0.2) is 28.8 Å². The van der Waals surface area contributed by atoms with Crippen molar-refractivity contribution in [1.29, 1.82) is 0 Å². The predicted octanol–water partition coefficient (Wildman–Crippen LogP) is 9.54. The van der Waals surface area contributed by atoms with E-state index in [9.17, 15) is 14.4 Å². The molecular formula is C53H76N4O8. The molecule has 1 N–H and O–H groups in total. The summed E-state index contributed by atoms with van der Waals surface area (Å²) in [5.74, 6) is 5.99. The van der Waals surface area contributed by atoms with Gasteiger partial charge in [0, 0.05) is 69.0 Å². The molecule has 2 saturated carbocycles. The van der Waals surface area contributed by atoms with Crippen LogP contribution in [-0.4, -0.2) is 100 Å². The number of nitrogens with one attached hydrogen (secondary N) is 1. The fourth-order valence-corrected chi connectivity index (χ4v) is 10.3. The molecule has 2 amide bonds. The zero-order valence-electron chi connectivity index (χ0n) is 41.1. The van der Waals surface area contributed by atoms with Crippen molar-refractivity contribution in [3.63, 3.8) is 0 Å². The molecule has 1 aromatic heterocycles. The molecule has 12 heteroatoms. The van der Waals surface area contributed by atoms with Crippen LogP contribution in [0.1, 0.15) is 96.9 Å². The van der Waals surface area contributed by atoms with Gasteiger partial charge in [-0.15, -0.1) is 0 Å². The Balaban J connectivity index is 0.000000268. The number of hydrogen-bond acceptors (Lipinski definition) is 10. The maximum atomic E-state index is 13.0. The maximum absolute atomic E-state index is 13.0. The number of likely N-dealkylation sites (tertiary alicyclic amines) is 1. The lowest BCUT2D eigenvalue weighted by molar-refractivity contribution is -0.129. The SMILES string of the molecule is CC.CC.COc1ccc(CCN(C)C2CC(C)[C@@H](CNC(C)=O)C2CC=O)cc1OC.COc1ccc(CCN2C(=O)CC3C2CC(C)[C@H]3c2cc(-c3ccccc3)on2)cc1OC. The van der Waals surface area contributed by atoms with Crippen LogP contribution in [0.3, 0.4) is 0 Å². The van der Waals surface area contributed by atoms with Crippen LogP contribution in [-0.2, 0) is 27.2 Å². The Bertz CT molecular complexity index is 2070. The largest absolute Gasteiger partial charge is 0.493 e. The minimum Gasteiger partial charge on any atom is -0.493 e. The molecule has 0 spiro atoms. The Hall–Kier alpha value is -5.36. The third-order valence-corrected chi connectivity index (χ3v) is 13.4. The summed E-state index contributed by atoms with van der Waals surface area (Å²) in [5, 5.41) is 7.38. The van der Waals surface area contributed by atoms with Gasteiger partial charge in [0.1, 0.15) is 6.29 Å². The number of fused-ring (bicyclic) bond motifs is 1. The zero-order chi connectivity index (χ0) is 47.6. The number of amides is 2. The molecular weight excluding hydrogens is 821 g/mol. The van der Waals surface area contributed by atoms with Crippen molar-refractivity contribution in [3.8, 4) is 34.3 Å². The monoisotopic (exact) mass is 897 g/mol. The van der Waals surface area contributed by atoms with Gasteiger partial charge in [0.2, 0.25) is 11.8 Å². The third-order valence-electron chi connectivity index (χ3n) is 13.4. The number of benzene rings is 3. The average molecular weight is 897 g/mol. The molecule has 2 heterocycles. The van der Waals surface area contributed by atoms with E-state index in [1.54, 1.807) is 35.4 Å². The summed E-state index contributed by atoms with van der Waals surface area (Å²) in [7, 11) is 8.69. The van der Waals surface area contributed by atoms with Gasteiger partial charge in [-0.3, -0.25) is 9.59 Å². The normalized spacial score (nSPS) is 22.9. The van der Waals surface area contributed by atoms with Crippen LogP contribution in [0.15, 0.2) is 77.3 Å². The highest BCUT2D eigenvalue weighted by molar-refractivity contribution is 5.80. The molecule has 0 bridgehead atoms. The van der Waals surface area contributed by atoms with Gasteiger partial charge in [0.05, 0.1) is 34.1 Å². The Morgan fingerprint density at radius 1 is 0.815 bits per heavy atom. The second-order valence-electron chi connectivity index (χ2n) is 17.1. The molecule has 12 nitrogen and oxygen atoms in total. The fourth-order valence-electron chi connectivity index (χ4n) is 10.3. The van der Waals surface area contributed by atoms with E-state index in [2.05, 4.69) is 53.3 Å². The van der Waals surface area contributed by atoms with Crippen LogP contribution in [0.25, 0.3) is 11.3 Å². The van der Waals surface area contributed by atoms with E-state index in [0.717, 1.165) is 78.3 Å². The van der Waals surface area contributed by atoms with E-state index in [1.807, 2.05) is 88.4 Å². The van der Waals surface area contributed by atoms with Crippen LogP contribution >= 0.6 is 0 Å². The molecule has 4 aromatic rings. The first-order valence-electron chi connectivity index (χ1n) is 23.6. The van der Waals surface area contributed by atoms with Gasteiger partial charge in [0.25, 0.3) is 0 Å². The summed E-state index contributed by atoms with van der Waals surface area (Å²) < 4.78 is 27.2. The number of rotatable bonds is 17.